The molecule has 1 aliphatic carbocycles. The van der Waals surface area contributed by atoms with E-state index in [2.05, 4.69) is 10.6 Å². The fraction of sp³-hybridized carbons (Fsp3) is 0.917. The third-order valence-electron chi connectivity index (χ3n) is 3.70. The molecule has 0 aromatic carbocycles. The summed E-state index contributed by atoms with van der Waals surface area (Å²) in [5.74, 6) is 0.696. The van der Waals surface area contributed by atoms with Crippen LogP contribution in [0.1, 0.15) is 38.5 Å². The normalized spacial score (nSPS) is 35.8. The van der Waals surface area contributed by atoms with Crippen molar-refractivity contribution in [3.8, 4) is 0 Å². The minimum Gasteiger partial charge on any atom is -0.393 e. The van der Waals surface area contributed by atoms with Crippen LogP contribution in [0.15, 0.2) is 0 Å². The highest BCUT2D eigenvalue weighted by Crippen LogP contribution is 2.24. The van der Waals surface area contributed by atoms with E-state index in [0.717, 1.165) is 51.6 Å². The van der Waals surface area contributed by atoms with Crippen molar-refractivity contribution in [2.75, 3.05) is 13.1 Å². The summed E-state index contributed by atoms with van der Waals surface area (Å²) < 4.78 is 0. The first-order chi connectivity index (χ1) is 7.75. The molecule has 3 unspecified atom stereocenters. The summed E-state index contributed by atoms with van der Waals surface area (Å²) >= 11 is 0. The van der Waals surface area contributed by atoms with Crippen LogP contribution in [-0.2, 0) is 4.79 Å². The summed E-state index contributed by atoms with van der Waals surface area (Å²) in [6, 6.07) is -0.0137. The van der Waals surface area contributed by atoms with Crippen LogP contribution in [0.5, 0.6) is 0 Å². The quantitative estimate of drug-likeness (QED) is 0.653. The lowest BCUT2D eigenvalue weighted by Crippen LogP contribution is -2.44. The second-order valence-corrected chi connectivity index (χ2v) is 5.08. The van der Waals surface area contributed by atoms with Crippen LogP contribution in [0.25, 0.3) is 0 Å². The smallest absolute Gasteiger partial charge is 0.237 e. The number of aliphatic hydroxyl groups excluding tert-OH is 1. The second-order valence-electron chi connectivity index (χ2n) is 5.08. The van der Waals surface area contributed by atoms with Crippen LogP contribution < -0.4 is 10.6 Å². The third kappa shape index (κ3) is 3.19. The average molecular weight is 226 g/mol. The lowest BCUT2D eigenvalue weighted by atomic mass is 10.1. The van der Waals surface area contributed by atoms with Gasteiger partial charge in [0.25, 0.3) is 0 Å². The molecule has 3 N–H and O–H groups in total. The van der Waals surface area contributed by atoms with E-state index >= 15 is 0 Å². The van der Waals surface area contributed by atoms with Crippen molar-refractivity contribution in [2.24, 2.45) is 5.92 Å². The van der Waals surface area contributed by atoms with Gasteiger partial charge in [0.1, 0.15) is 0 Å². The molecule has 1 amide bonds. The van der Waals surface area contributed by atoms with Crippen LogP contribution in [0, 0.1) is 5.92 Å². The maximum Gasteiger partial charge on any atom is 0.237 e. The van der Waals surface area contributed by atoms with Crippen molar-refractivity contribution >= 4 is 5.91 Å². The molecular weight excluding hydrogens is 204 g/mol. The third-order valence-corrected chi connectivity index (χ3v) is 3.70. The molecule has 2 rings (SSSR count). The van der Waals surface area contributed by atoms with Crippen molar-refractivity contribution in [3.05, 3.63) is 0 Å². The molecule has 1 saturated carbocycles. The standard InChI is InChI=1S/C12H22N2O2/c15-10-5-4-9(7-10)8-14-11-3-1-2-6-13-12(11)16/h9-11,14-15H,1-8H2,(H,13,16). The molecular formula is C12H22N2O2. The highest BCUT2D eigenvalue weighted by atomic mass is 16.3. The van der Waals surface area contributed by atoms with Crippen LogP contribution in [0.3, 0.4) is 0 Å². The van der Waals surface area contributed by atoms with Gasteiger partial charge in [0.2, 0.25) is 5.91 Å². The number of hydrogen-bond donors (Lipinski definition) is 3. The first kappa shape index (κ1) is 11.9. The van der Waals surface area contributed by atoms with Gasteiger partial charge in [0.05, 0.1) is 12.1 Å². The molecule has 4 heteroatoms. The Morgan fingerprint density at radius 2 is 2.19 bits per heavy atom. The first-order valence-corrected chi connectivity index (χ1v) is 6.45. The minimum atomic E-state index is -0.116. The van der Waals surface area contributed by atoms with Gasteiger partial charge in [0.15, 0.2) is 0 Å². The van der Waals surface area contributed by atoms with Crippen LogP contribution in [-0.4, -0.2) is 36.2 Å². The first-order valence-electron chi connectivity index (χ1n) is 6.45. The zero-order valence-electron chi connectivity index (χ0n) is 9.74. The molecule has 1 aliphatic heterocycles. The Kier molecular flexibility index (Phi) is 4.18. The summed E-state index contributed by atoms with van der Waals surface area (Å²) in [5.41, 5.74) is 0. The lowest BCUT2D eigenvalue weighted by Gasteiger charge is -2.18. The Balaban J connectivity index is 1.73. The van der Waals surface area contributed by atoms with E-state index in [9.17, 15) is 9.90 Å². The highest BCUT2D eigenvalue weighted by molar-refractivity contribution is 5.81. The lowest BCUT2D eigenvalue weighted by molar-refractivity contribution is -0.122. The summed E-state index contributed by atoms with van der Waals surface area (Å²) in [5, 5.41) is 15.7. The number of nitrogens with one attached hydrogen (secondary N) is 2. The molecule has 0 spiro atoms. The van der Waals surface area contributed by atoms with Gasteiger partial charge in [-0.15, -0.1) is 0 Å². The zero-order valence-corrected chi connectivity index (χ0v) is 9.74. The van der Waals surface area contributed by atoms with Gasteiger partial charge in [-0.05, 0) is 51.0 Å². The number of amides is 1. The molecule has 3 atom stereocenters. The summed E-state index contributed by atoms with van der Waals surface area (Å²) in [6.07, 6.45) is 5.93. The van der Waals surface area contributed by atoms with E-state index < -0.39 is 0 Å². The number of aliphatic hydroxyl groups is 1. The topological polar surface area (TPSA) is 61.4 Å². The molecule has 16 heavy (non-hydrogen) atoms. The SMILES string of the molecule is O=C1NCCCCC1NCC1CCC(O)C1. The minimum absolute atomic E-state index is 0.0137. The van der Waals surface area contributed by atoms with E-state index in [1.165, 1.54) is 0 Å². The predicted octanol–water partition coefficient (Wildman–Crippen LogP) is 0.406. The second kappa shape index (κ2) is 5.64. The Hall–Kier alpha value is -0.610. The van der Waals surface area contributed by atoms with Crippen molar-refractivity contribution in [3.63, 3.8) is 0 Å². The summed E-state index contributed by atoms with van der Waals surface area (Å²) in [4.78, 5) is 11.7. The van der Waals surface area contributed by atoms with Crippen LogP contribution in [0.2, 0.25) is 0 Å². The van der Waals surface area contributed by atoms with Gasteiger partial charge in [-0.2, -0.15) is 0 Å². The molecule has 0 aromatic rings. The molecule has 92 valence electrons. The zero-order chi connectivity index (χ0) is 11.4. The molecule has 4 nitrogen and oxygen atoms in total. The maximum atomic E-state index is 11.7. The van der Waals surface area contributed by atoms with Gasteiger partial charge in [0, 0.05) is 6.54 Å². The number of carbonyl (C=O) groups excluding carboxylic acids is 1. The van der Waals surface area contributed by atoms with Crippen molar-refractivity contribution in [1.29, 1.82) is 0 Å². The van der Waals surface area contributed by atoms with Gasteiger partial charge < -0.3 is 15.7 Å². The van der Waals surface area contributed by atoms with Crippen molar-refractivity contribution in [1.82, 2.24) is 10.6 Å². The molecule has 2 aliphatic rings. The van der Waals surface area contributed by atoms with Crippen LogP contribution in [0.4, 0.5) is 0 Å². The Labute approximate surface area is 96.8 Å². The maximum absolute atomic E-state index is 11.7. The molecule has 0 aromatic heterocycles. The molecule has 1 heterocycles. The number of carbonyl (C=O) groups is 1. The summed E-state index contributed by atoms with van der Waals surface area (Å²) in [7, 11) is 0. The molecule has 2 fully saturated rings. The highest BCUT2D eigenvalue weighted by Gasteiger charge is 2.25. The molecule has 1 saturated heterocycles. The Bertz CT molecular complexity index is 245. The fourth-order valence-corrected chi connectivity index (χ4v) is 2.68. The Morgan fingerprint density at radius 3 is 2.94 bits per heavy atom. The van der Waals surface area contributed by atoms with Gasteiger partial charge in [-0.25, -0.2) is 0 Å². The Morgan fingerprint density at radius 1 is 1.31 bits per heavy atom. The predicted molar refractivity (Wildman–Crippen MR) is 62.0 cm³/mol. The fourth-order valence-electron chi connectivity index (χ4n) is 2.68. The van der Waals surface area contributed by atoms with E-state index in [0.29, 0.717) is 5.92 Å². The van der Waals surface area contributed by atoms with Crippen molar-refractivity contribution in [2.45, 2.75) is 50.7 Å². The number of rotatable bonds is 3. The van der Waals surface area contributed by atoms with Crippen LogP contribution >= 0.6 is 0 Å². The largest absolute Gasteiger partial charge is 0.393 e. The average Bonchev–Trinajstić information content (AvgIpc) is 2.56. The summed E-state index contributed by atoms with van der Waals surface area (Å²) in [6.45, 7) is 1.69. The monoisotopic (exact) mass is 226 g/mol. The molecule has 0 bridgehead atoms. The van der Waals surface area contributed by atoms with Gasteiger partial charge in [-0.3, -0.25) is 4.79 Å². The van der Waals surface area contributed by atoms with E-state index in [1.54, 1.807) is 0 Å². The van der Waals surface area contributed by atoms with E-state index in [1.807, 2.05) is 0 Å². The van der Waals surface area contributed by atoms with Gasteiger partial charge in [-0.1, -0.05) is 0 Å². The van der Waals surface area contributed by atoms with E-state index in [4.69, 9.17) is 0 Å². The van der Waals surface area contributed by atoms with E-state index in [-0.39, 0.29) is 18.1 Å². The van der Waals surface area contributed by atoms with Gasteiger partial charge >= 0.3 is 0 Å². The number of hydrogen-bond acceptors (Lipinski definition) is 3. The molecule has 0 radical (unpaired) electrons. The van der Waals surface area contributed by atoms with Crippen molar-refractivity contribution < 1.29 is 9.90 Å².